The van der Waals surface area contributed by atoms with E-state index in [1.165, 1.54) is 0 Å². The van der Waals surface area contributed by atoms with Gasteiger partial charge >= 0.3 is 33.4 Å². The molecule has 0 amide bonds. The van der Waals surface area contributed by atoms with Crippen molar-refractivity contribution in [2.45, 2.75) is 68.2 Å². The van der Waals surface area contributed by atoms with Crippen LogP contribution in [0.25, 0.3) is 0 Å². The molecule has 0 fully saturated rings. The van der Waals surface area contributed by atoms with Crippen LogP contribution >= 0.6 is 0 Å². The van der Waals surface area contributed by atoms with Crippen LogP contribution in [-0.2, 0) is 10.1 Å². The highest BCUT2D eigenvalue weighted by atomic mass is 32.2. The second-order valence-electron chi connectivity index (χ2n) is 5.15. The first kappa shape index (κ1) is 26.5. The minimum absolute atomic E-state index is 0. The SMILES string of the molecule is N.O=S(=O)(O)C(F)(F)C(F)(F)C(F)(F)CCCCCCCC(F)(F)F. The second kappa shape index (κ2) is 8.75. The van der Waals surface area contributed by atoms with E-state index in [9.17, 15) is 47.9 Å². The Morgan fingerprint density at radius 1 is 0.680 bits per heavy atom. The van der Waals surface area contributed by atoms with E-state index in [1.54, 1.807) is 0 Å². The maximum atomic E-state index is 13.2. The minimum atomic E-state index is -6.77. The first-order valence-electron chi connectivity index (χ1n) is 6.63. The molecule has 0 saturated heterocycles. The highest BCUT2D eigenvalue weighted by Gasteiger charge is 2.76. The largest absolute Gasteiger partial charge is 0.437 e. The van der Waals surface area contributed by atoms with Gasteiger partial charge in [0.1, 0.15) is 0 Å². The molecule has 0 aromatic rings. The summed E-state index contributed by atoms with van der Waals surface area (Å²) in [6.07, 6.45) is -8.61. The van der Waals surface area contributed by atoms with Gasteiger partial charge in [0.15, 0.2) is 0 Å². The summed E-state index contributed by atoms with van der Waals surface area (Å²) in [5.74, 6) is -11.8. The second-order valence-corrected chi connectivity index (χ2v) is 6.62. The Bertz CT molecular complexity index is 505. The predicted octanol–water partition coefficient (Wildman–Crippen LogP) is 5.19. The maximum absolute atomic E-state index is 13.2. The predicted molar refractivity (Wildman–Crippen MR) is 69.8 cm³/mol. The molecule has 25 heavy (non-hydrogen) atoms. The average molecular weight is 415 g/mol. The lowest BCUT2D eigenvalue weighted by Gasteiger charge is -2.30. The van der Waals surface area contributed by atoms with Crippen LogP contribution in [0.4, 0.5) is 39.5 Å². The van der Waals surface area contributed by atoms with E-state index in [4.69, 9.17) is 4.55 Å². The number of hydrogen-bond donors (Lipinski definition) is 2. The van der Waals surface area contributed by atoms with E-state index in [-0.39, 0.29) is 31.8 Å². The molecule has 14 heteroatoms. The molecule has 0 aliphatic rings. The number of halogens is 9. The molecular weight excluding hydrogens is 397 g/mol. The Morgan fingerprint density at radius 2 is 1.04 bits per heavy atom. The van der Waals surface area contributed by atoms with E-state index >= 15 is 0 Å². The zero-order valence-electron chi connectivity index (χ0n) is 12.7. The molecule has 0 aromatic heterocycles. The Kier molecular flexibility index (Phi) is 9.27. The van der Waals surface area contributed by atoms with Crippen molar-refractivity contribution in [3.8, 4) is 0 Å². The topological polar surface area (TPSA) is 89.4 Å². The Balaban J connectivity index is 0. The number of unbranched alkanes of at least 4 members (excludes halogenated alkanes) is 4. The lowest BCUT2D eigenvalue weighted by Crippen LogP contribution is -2.57. The van der Waals surface area contributed by atoms with Gasteiger partial charge in [-0.1, -0.05) is 19.3 Å². The van der Waals surface area contributed by atoms with Gasteiger partial charge in [-0.2, -0.15) is 47.9 Å². The molecule has 0 bridgehead atoms. The van der Waals surface area contributed by atoms with Gasteiger partial charge in [0.05, 0.1) is 0 Å². The summed E-state index contributed by atoms with van der Waals surface area (Å²) in [6, 6.07) is 0. The van der Waals surface area contributed by atoms with Gasteiger partial charge in [-0.15, -0.1) is 0 Å². The summed E-state index contributed by atoms with van der Waals surface area (Å²) in [5.41, 5.74) is 0. The van der Waals surface area contributed by atoms with Crippen molar-refractivity contribution in [3.05, 3.63) is 0 Å². The third-order valence-corrected chi connectivity index (χ3v) is 4.00. The van der Waals surface area contributed by atoms with Crippen molar-refractivity contribution in [3.63, 3.8) is 0 Å². The molecule has 154 valence electrons. The molecule has 0 radical (unpaired) electrons. The van der Waals surface area contributed by atoms with Crippen LogP contribution in [0, 0.1) is 0 Å². The third-order valence-electron chi connectivity index (χ3n) is 3.10. The first-order chi connectivity index (χ1) is 10.5. The standard InChI is InChI=1S/C11H15F9O3S.H3N/c12-8(13,10(17,18)11(19,20)24(21,22)23)6-4-2-1-3-5-7-9(14,15)16;/h1-7H2,(H,21,22,23);1H3. The van der Waals surface area contributed by atoms with Crippen molar-refractivity contribution < 1.29 is 52.5 Å². The van der Waals surface area contributed by atoms with Crippen LogP contribution in [0.5, 0.6) is 0 Å². The van der Waals surface area contributed by atoms with Crippen LogP contribution in [0.1, 0.15) is 44.9 Å². The van der Waals surface area contributed by atoms with Gasteiger partial charge in [-0.05, 0) is 12.8 Å². The zero-order valence-corrected chi connectivity index (χ0v) is 13.5. The fraction of sp³-hybridized carbons (Fsp3) is 1.00. The average Bonchev–Trinajstić information content (AvgIpc) is 2.34. The summed E-state index contributed by atoms with van der Waals surface area (Å²) >= 11 is 0. The molecule has 0 unspecified atom stereocenters. The zero-order chi connectivity index (χ0) is 19.4. The highest BCUT2D eigenvalue weighted by Crippen LogP contribution is 2.50. The third kappa shape index (κ3) is 7.17. The molecule has 0 spiro atoms. The van der Waals surface area contributed by atoms with Crippen molar-refractivity contribution >= 4 is 10.1 Å². The summed E-state index contributed by atoms with van der Waals surface area (Å²) in [4.78, 5) is 0. The number of alkyl halides is 9. The van der Waals surface area contributed by atoms with Crippen molar-refractivity contribution in [1.29, 1.82) is 0 Å². The summed E-state index contributed by atoms with van der Waals surface area (Å²) in [6.45, 7) is 0. The van der Waals surface area contributed by atoms with Crippen molar-refractivity contribution in [2.75, 3.05) is 0 Å². The summed E-state index contributed by atoms with van der Waals surface area (Å²) in [7, 11) is -6.77. The lowest BCUT2D eigenvalue weighted by molar-refractivity contribution is -0.282. The maximum Gasteiger partial charge on any atom is 0.437 e. The van der Waals surface area contributed by atoms with Crippen LogP contribution in [-0.4, -0.2) is 36.2 Å². The van der Waals surface area contributed by atoms with Crippen molar-refractivity contribution in [2.24, 2.45) is 0 Å². The highest BCUT2D eigenvalue weighted by molar-refractivity contribution is 7.87. The van der Waals surface area contributed by atoms with Gasteiger partial charge in [-0.3, -0.25) is 4.55 Å². The molecular formula is C11H18F9NO3S. The fourth-order valence-electron chi connectivity index (χ4n) is 1.73. The van der Waals surface area contributed by atoms with Crippen LogP contribution in [0.2, 0.25) is 0 Å². The molecule has 0 atom stereocenters. The lowest BCUT2D eigenvalue weighted by atomic mass is 10.0. The Morgan fingerprint density at radius 3 is 1.40 bits per heavy atom. The van der Waals surface area contributed by atoms with Gasteiger partial charge in [0.25, 0.3) is 0 Å². The number of hydrogen-bond acceptors (Lipinski definition) is 3. The van der Waals surface area contributed by atoms with E-state index in [2.05, 4.69) is 0 Å². The minimum Gasteiger partial charge on any atom is -0.344 e. The molecule has 0 aliphatic heterocycles. The molecule has 0 heterocycles. The molecule has 0 rings (SSSR count). The van der Waals surface area contributed by atoms with E-state index in [0.717, 1.165) is 0 Å². The molecule has 0 aromatic carbocycles. The molecule has 4 N–H and O–H groups in total. The monoisotopic (exact) mass is 415 g/mol. The van der Waals surface area contributed by atoms with Crippen LogP contribution < -0.4 is 6.15 Å². The van der Waals surface area contributed by atoms with E-state index in [0.29, 0.717) is 0 Å². The van der Waals surface area contributed by atoms with Crippen LogP contribution in [0.15, 0.2) is 0 Å². The number of rotatable bonds is 10. The quantitative estimate of drug-likeness (QED) is 0.292. The summed E-state index contributed by atoms with van der Waals surface area (Å²) < 4.78 is 142. The van der Waals surface area contributed by atoms with Crippen molar-refractivity contribution in [1.82, 2.24) is 6.15 Å². The summed E-state index contributed by atoms with van der Waals surface area (Å²) in [5, 5.41) is -6.38. The normalized spacial score (nSPS) is 14.3. The molecule has 0 saturated carbocycles. The van der Waals surface area contributed by atoms with E-state index in [1.807, 2.05) is 0 Å². The van der Waals surface area contributed by atoms with Gasteiger partial charge in [0, 0.05) is 12.8 Å². The Labute approximate surface area is 138 Å². The van der Waals surface area contributed by atoms with Crippen LogP contribution in [0.3, 0.4) is 0 Å². The molecule has 4 nitrogen and oxygen atoms in total. The first-order valence-corrected chi connectivity index (χ1v) is 8.07. The molecule has 0 aliphatic carbocycles. The smallest absolute Gasteiger partial charge is 0.344 e. The fourth-order valence-corrected chi connectivity index (χ4v) is 2.21. The Hall–Kier alpha value is -0.760. The van der Waals surface area contributed by atoms with E-state index < -0.39 is 52.7 Å². The van der Waals surface area contributed by atoms with Gasteiger partial charge < -0.3 is 6.15 Å². The van der Waals surface area contributed by atoms with Gasteiger partial charge in [-0.25, -0.2) is 0 Å². The van der Waals surface area contributed by atoms with Gasteiger partial charge in [0.2, 0.25) is 0 Å².